The average Bonchev–Trinajstić information content (AvgIpc) is 3.36. The van der Waals surface area contributed by atoms with E-state index in [0.717, 1.165) is 72.7 Å². The number of aromatic amines is 1. The number of ether oxygens (including phenoxy) is 1. The molecule has 0 amide bonds. The second kappa shape index (κ2) is 8.85. The lowest BCUT2D eigenvalue weighted by Crippen LogP contribution is -2.35. The minimum Gasteiger partial charge on any atom is -0.379 e. The molecule has 4 aromatic rings. The molecule has 6 rings (SSSR count). The summed E-state index contributed by atoms with van der Waals surface area (Å²) in [6.45, 7) is 6.46. The number of hydrogen-bond donors (Lipinski definition) is 2. The summed E-state index contributed by atoms with van der Waals surface area (Å²) in [5.74, 6) is 1.42. The molecule has 2 N–H and O–H groups in total. The van der Waals surface area contributed by atoms with Crippen molar-refractivity contribution in [3.8, 4) is 11.3 Å². The van der Waals surface area contributed by atoms with Crippen molar-refractivity contribution < 1.29 is 4.74 Å². The first-order valence-corrected chi connectivity index (χ1v) is 11.5. The number of H-pyrrole nitrogens is 1. The SMILES string of the molecule is Cc1nc2c([nH]1)=CCC=C(Nc1nc3c(-c4ccc(CN5CCOCC5)cc4)nccn3n1)C=2. The molecule has 34 heavy (non-hydrogen) atoms. The number of nitrogens with zero attached hydrogens (tertiary/aromatic N) is 6. The van der Waals surface area contributed by atoms with E-state index < -0.39 is 0 Å². The lowest BCUT2D eigenvalue weighted by atomic mass is 10.1. The van der Waals surface area contributed by atoms with Gasteiger partial charge in [0.1, 0.15) is 11.5 Å². The molecule has 172 valence electrons. The van der Waals surface area contributed by atoms with E-state index in [1.54, 1.807) is 10.7 Å². The highest BCUT2D eigenvalue weighted by Gasteiger charge is 2.14. The molecule has 0 unspecified atom stereocenters. The molecule has 1 saturated heterocycles. The molecule has 2 aliphatic rings. The van der Waals surface area contributed by atoms with Gasteiger partial charge in [0.2, 0.25) is 5.95 Å². The number of aryl methyl sites for hydroxylation is 1. The Balaban J connectivity index is 1.25. The molecular weight excluding hydrogens is 428 g/mol. The van der Waals surface area contributed by atoms with Gasteiger partial charge in [-0.3, -0.25) is 9.88 Å². The third kappa shape index (κ3) is 4.23. The Labute approximate surface area is 196 Å². The van der Waals surface area contributed by atoms with Gasteiger partial charge in [0.15, 0.2) is 5.65 Å². The molecule has 4 heterocycles. The molecule has 1 aliphatic carbocycles. The van der Waals surface area contributed by atoms with Crippen LogP contribution in [0.1, 0.15) is 17.8 Å². The van der Waals surface area contributed by atoms with Gasteiger partial charge < -0.3 is 15.0 Å². The fourth-order valence-electron chi connectivity index (χ4n) is 4.38. The molecule has 0 atom stereocenters. The summed E-state index contributed by atoms with van der Waals surface area (Å²) in [7, 11) is 0. The second-order valence-corrected chi connectivity index (χ2v) is 8.55. The summed E-state index contributed by atoms with van der Waals surface area (Å²) in [4.78, 5) is 19.6. The zero-order valence-corrected chi connectivity index (χ0v) is 19.0. The highest BCUT2D eigenvalue weighted by molar-refractivity contribution is 5.74. The van der Waals surface area contributed by atoms with Crippen molar-refractivity contribution >= 4 is 23.7 Å². The lowest BCUT2D eigenvalue weighted by molar-refractivity contribution is 0.0342. The van der Waals surface area contributed by atoms with Gasteiger partial charge in [-0.15, -0.1) is 5.10 Å². The van der Waals surface area contributed by atoms with Crippen LogP contribution in [0.15, 0.2) is 48.4 Å². The number of benzene rings is 1. The van der Waals surface area contributed by atoms with Crippen molar-refractivity contribution in [2.75, 3.05) is 31.6 Å². The van der Waals surface area contributed by atoms with Crippen LogP contribution in [-0.2, 0) is 11.3 Å². The summed E-state index contributed by atoms with van der Waals surface area (Å²) in [6, 6.07) is 8.55. The minimum absolute atomic E-state index is 0.524. The third-order valence-electron chi connectivity index (χ3n) is 6.08. The van der Waals surface area contributed by atoms with Crippen LogP contribution in [0.5, 0.6) is 0 Å². The average molecular weight is 455 g/mol. The van der Waals surface area contributed by atoms with E-state index >= 15 is 0 Å². The van der Waals surface area contributed by atoms with Crippen molar-refractivity contribution in [3.63, 3.8) is 0 Å². The predicted molar refractivity (Wildman–Crippen MR) is 130 cm³/mol. The molecular formula is C25H26N8O. The number of morpholine rings is 1. The van der Waals surface area contributed by atoms with Crippen molar-refractivity contribution in [2.45, 2.75) is 19.9 Å². The van der Waals surface area contributed by atoms with Crippen molar-refractivity contribution in [3.05, 3.63) is 70.5 Å². The number of allylic oxidation sites excluding steroid dienone is 2. The summed E-state index contributed by atoms with van der Waals surface area (Å²) < 4.78 is 7.21. The third-order valence-corrected chi connectivity index (χ3v) is 6.08. The van der Waals surface area contributed by atoms with Crippen LogP contribution in [0, 0.1) is 6.92 Å². The van der Waals surface area contributed by atoms with Crippen molar-refractivity contribution in [2.24, 2.45) is 0 Å². The number of hydrogen-bond acceptors (Lipinski definition) is 7. The quantitative estimate of drug-likeness (QED) is 0.473. The normalized spacial score (nSPS) is 16.3. The molecule has 1 aromatic carbocycles. The zero-order chi connectivity index (χ0) is 22.9. The van der Waals surface area contributed by atoms with Gasteiger partial charge in [-0.2, -0.15) is 4.98 Å². The molecule has 0 bridgehead atoms. The van der Waals surface area contributed by atoms with Crippen LogP contribution in [0.25, 0.3) is 29.1 Å². The van der Waals surface area contributed by atoms with Crippen LogP contribution < -0.4 is 16.0 Å². The van der Waals surface area contributed by atoms with Crippen LogP contribution >= 0.6 is 0 Å². The highest BCUT2D eigenvalue weighted by atomic mass is 16.5. The van der Waals surface area contributed by atoms with Gasteiger partial charge in [0, 0.05) is 43.3 Å². The van der Waals surface area contributed by atoms with Crippen molar-refractivity contribution in [1.82, 2.24) is 34.4 Å². The minimum atomic E-state index is 0.524. The van der Waals surface area contributed by atoms with Gasteiger partial charge in [0.25, 0.3) is 0 Å². The highest BCUT2D eigenvalue weighted by Crippen LogP contribution is 2.23. The number of fused-ring (bicyclic) bond motifs is 2. The Hall–Kier alpha value is -3.82. The Kier molecular flexibility index (Phi) is 5.40. The lowest BCUT2D eigenvalue weighted by Gasteiger charge is -2.26. The molecule has 9 heteroatoms. The van der Waals surface area contributed by atoms with Crippen LogP contribution in [0.3, 0.4) is 0 Å². The maximum Gasteiger partial charge on any atom is 0.247 e. The summed E-state index contributed by atoms with van der Waals surface area (Å²) in [5, 5.41) is 9.91. The zero-order valence-electron chi connectivity index (χ0n) is 19.0. The van der Waals surface area contributed by atoms with E-state index in [9.17, 15) is 0 Å². The number of nitrogens with one attached hydrogen (secondary N) is 2. The largest absolute Gasteiger partial charge is 0.379 e. The van der Waals surface area contributed by atoms with E-state index in [1.165, 1.54) is 5.56 Å². The predicted octanol–water partition coefficient (Wildman–Crippen LogP) is 1.62. The monoisotopic (exact) mass is 454 g/mol. The first-order chi connectivity index (χ1) is 16.7. The molecule has 0 saturated carbocycles. The molecule has 1 aliphatic heterocycles. The van der Waals surface area contributed by atoms with E-state index in [-0.39, 0.29) is 0 Å². The van der Waals surface area contributed by atoms with Gasteiger partial charge in [-0.05, 0) is 25.0 Å². The molecule has 0 spiro atoms. The molecule has 3 aromatic heterocycles. The van der Waals surface area contributed by atoms with E-state index in [0.29, 0.717) is 11.6 Å². The number of imidazole rings is 1. The van der Waals surface area contributed by atoms with Crippen LogP contribution in [-0.4, -0.2) is 60.8 Å². The van der Waals surface area contributed by atoms with Gasteiger partial charge in [0.05, 0.1) is 23.9 Å². The van der Waals surface area contributed by atoms with E-state index in [2.05, 4.69) is 66.7 Å². The summed E-state index contributed by atoms with van der Waals surface area (Å²) >= 11 is 0. The maximum absolute atomic E-state index is 5.45. The maximum atomic E-state index is 5.45. The van der Waals surface area contributed by atoms with Crippen molar-refractivity contribution in [1.29, 1.82) is 0 Å². The summed E-state index contributed by atoms with van der Waals surface area (Å²) in [6.07, 6.45) is 10.6. The number of aromatic nitrogens is 6. The first kappa shape index (κ1) is 20.8. The molecule has 1 fully saturated rings. The van der Waals surface area contributed by atoms with Crippen LogP contribution in [0.2, 0.25) is 0 Å². The molecule has 9 nitrogen and oxygen atoms in total. The Bertz CT molecular complexity index is 1480. The van der Waals surface area contributed by atoms with Crippen LogP contribution in [0.4, 0.5) is 5.95 Å². The second-order valence-electron chi connectivity index (χ2n) is 8.55. The topological polar surface area (TPSA) is 96.3 Å². The Morgan fingerprint density at radius 1 is 1.09 bits per heavy atom. The molecule has 0 radical (unpaired) electrons. The van der Waals surface area contributed by atoms with E-state index in [1.807, 2.05) is 19.2 Å². The fraction of sp³-hybridized carbons (Fsp3) is 0.280. The Morgan fingerprint density at radius 3 is 2.79 bits per heavy atom. The van der Waals surface area contributed by atoms with Gasteiger partial charge >= 0.3 is 0 Å². The van der Waals surface area contributed by atoms with Gasteiger partial charge in [-0.25, -0.2) is 9.50 Å². The van der Waals surface area contributed by atoms with E-state index in [4.69, 9.17) is 9.72 Å². The smallest absolute Gasteiger partial charge is 0.247 e. The number of anilines is 1. The number of rotatable bonds is 5. The fourth-order valence-corrected chi connectivity index (χ4v) is 4.38. The standard InChI is InChI=1S/C25H26N8O/c1-17-27-21-4-2-3-20(15-22(21)28-17)29-25-30-24-23(26-9-10-33(24)31-25)19-7-5-18(6-8-19)16-32-11-13-34-14-12-32/h3-10,15H,2,11-14,16H2,1H3,(H,27,28)(H,29,31). The first-order valence-electron chi connectivity index (χ1n) is 11.5. The van der Waals surface area contributed by atoms with Gasteiger partial charge in [-0.1, -0.05) is 36.4 Å². The summed E-state index contributed by atoms with van der Waals surface area (Å²) in [5.41, 5.74) is 4.73. The Morgan fingerprint density at radius 2 is 1.94 bits per heavy atom.